The summed E-state index contributed by atoms with van der Waals surface area (Å²) >= 11 is 9.18. The van der Waals surface area contributed by atoms with Gasteiger partial charge in [0.2, 0.25) is 0 Å². The molecule has 0 aromatic heterocycles. The van der Waals surface area contributed by atoms with Crippen LogP contribution in [-0.2, 0) is 27.9 Å². The maximum absolute atomic E-state index is 9.92. The highest BCUT2D eigenvalue weighted by Gasteiger charge is 2.33. The van der Waals surface area contributed by atoms with Gasteiger partial charge in [-0.25, -0.2) is 8.98 Å². The van der Waals surface area contributed by atoms with Gasteiger partial charge in [-0.15, -0.1) is 0 Å². The van der Waals surface area contributed by atoms with E-state index in [2.05, 4.69) is 16.1 Å². The molecule has 0 spiro atoms. The van der Waals surface area contributed by atoms with Gasteiger partial charge in [-0.2, -0.15) is 0 Å². The van der Waals surface area contributed by atoms with Gasteiger partial charge in [0.1, 0.15) is 0 Å². The van der Waals surface area contributed by atoms with Crippen molar-refractivity contribution in [1.29, 1.82) is 0 Å². The quantitative estimate of drug-likeness (QED) is 0.664. The molecule has 0 rings (SSSR count). The van der Waals surface area contributed by atoms with E-state index in [0.717, 1.165) is 0 Å². The van der Waals surface area contributed by atoms with Crippen molar-refractivity contribution in [2.75, 3.05) is 0 Å². The molecule has 0 aliphatic carbocycles. The van der Waals surface area contributed by atoms with Crippen molar-refractivity contribution >= 4 is 37.0 Å². The zero-order valence-corrected chi connectivity index (χ0v) is 12.5. The standard InChI is InChI=1S/C6H17NO4P2S2/c1-5(2)7(6(3)4)12(8,14)11-13(9,10)15/h5-6H,1-4H3,(H,8,14)(H2,9,10,15). The van der Waals surface area contributed by atoms with Crippen LogP contribution in [0.3, 0.4) is 0 Å². The first kappa shape index (κ1) is 16.1. The molecule has 5 nitrogen and oxygen atoms in total. The zero-order chi connectivity index (χ0) is 12.4. The molecular weight excluding hydrogens is 276 g/mol. The summed E-state index contributed by atoms with van der Waals surface area (Å²) in [5, 5.41) is 0. The van der Waals surface area contributed by atoms with Crippen LogP contribution in [0.25, 0.3) is 0 Å². The van der Waals surface area contributed by atoms with Gasteiger partial charge in [0.15, 0.2) is 0 Å². The van der Waals surface area contributed by atoms with Crippen LogP contribution in [0.15, 0.2) is 0 Å². The lowest BCUT2D eigenvalue weighted by molar-refractivity contribution is 0.250. The van der Waals surface area contributed by atoms with E-state index >= 15 is 0 Å². The SMILES string of the molecule is CC(C)N(C(C)C)P(O)(=S)OP(O)(O)=S. The summed E-state index contributed by atoms with van der Waals surface area (Å²) in [5.41, 5.74) is 0. The third-order valence-electron chi connectivity index (χ3n) is 1.56. The fourth-order valence-electron chi connectivity index (χ4n) is 1.36. The second-order valence-electron chi connectivity index (χ2n) is 3.63. The third-order valence-corrected chi connectivity index (χ3v) is 6.54. The van der Waals surface area contributed by atoms with Crippen LogP contribution in [-0.4, -0.2) is 31.4 Å². The van der Waals surface area contributed by atoms with E-state index in [-0.39, 0.29) is 12.1 Å². The molecule has 0 fully saturated rings. The molecule has 0 aromatic carbocycles. The molecule has 3 N–H and O–H groups in total. The molecule has 0 heterocycles. The summed E-state index contributed by atoms with van der Waals surface area (Å²) in [4.78, 5) is 27.9. The molecule has 9 heteroatoms. The predicted molar refractivity (Wildman–Crippen MR) is 68.4 cm³/mol. The van der Waals surface area contributed by atoms with Gasteiger partial charge in [-0.3, -0.25) is 0 Å². The third kappa shape index (κ3) is 5.82. The fraction of sp³-hybridized carbons (Fsp3) is 1.00. The van der Waals surface area contributed by atoms with Crippen molar-refractivity contribution < 1.29 is 19.0 Å². The Morgan fingerprint density at radius 1 is 1.00 bits per heavy atom. The predicted octanol–water partition coefficient (Wildman–Crippen LogP) is 1.55. The van der Waals surface area contributed by atoms with E-state index in [0.29, 0.717) is 0 Å². The van der Waals surface area contributed by atoms with Gasteiger partial charge < -0.3 is 14.7 Å². The van der Waals surface area contributed by atoms with Gasteiger partial charge >= 0.3 is 6.72 Å². The van der Waals surface area contributed by atoms with Gasteiger partial charge in [0, 0.05) is 12.1 Å². The first-order valence-corrected chi connectivity index (χ1v) is 9.61. The topological polar surface area (TPSA) is 73.2 Å². The monoisotopic (exact) mass is 293 g/mol. The van der Waals surface area contributed by atoms with Gasteiger partial charge in [0.05, 0.1) is 0 Å². The molecule has 92 valence electrons. The lowest BCUT2D eigenvalue weighted by atomic mass is 10.3. The minimum absolute atomic E-state index is 0.0672. The number of nitrogens with zero attached hydrogens (tertiary/aromatic N) is 1. The van der Waals surface area contributed by atoms with Crippen LogP contribution in [0.1, 0.15) is 27.7 Å². The van der Waals surface area contributed by atoms with Crippen LogP contribution in [0, 0.1) is 0 Å². The Bertz CT molecular complexity index is 296. The fourth-order valence-corrected chi connectivity index (χ4v) is 7.16. The maximum Gasteiger partial charge on any atom is 0.328 e. The molecule has 0 aromatic rings. The van der Waals surface area contributed by atoms with Crippen molar-refractivity contribution in [1.82, 2.24) is 4.67 Å². The lowest BCUT2D eigenvalue weighted by Gasteiger charge is -2.36. The summed E-state index contributed by atoms with van der Waals surface area (Å²) in [6.45, 7) is -0.0293. The van der Waals surface area contributed by atoms with Crippen LogP contribution in [0.4, 0.5) is 0 Å². The number of hydrogen-bond donors (Lipinski definition) is 3. The Balaban J connectivity index is 4.97. The second kappa shape index (κ2) is 5.63. The van der Waals surface area contributed by atoms with Crippen molar-refractivity contribution in [2.45, 2.75) is 39.8 Å². The van der Waals surface area contributed by atoms with Crippen molar-refractivity contribution in [2.24, 2.45) is 0 Å². The Labute approximate surface area is 101 Å². The molecular formula is C6H17NO4P2S2. The van der Waals surface area contributed by atoms with Crippen molar-refractivity contribution in [3.8, 4) is 0 Å². The first-order chi connectivity index (χ1) is 6.47. The first-order valence-electron chi connectivity index (χ1n) is 4.36. The molecule has 0 saturated heterocycles. The van der Waals surface area contributed by atoms with Crippen LogP contribution < -0.4 is 0 Å². The molecule has 0 radical (unpaired) electrons. The minimum Gasteiger partial charge on any atom is -0.333 e. The maximum atomic E-state index is 9.92. The molecule has 0 aliphatic rings. The molecule has 0 bridgehead atoms. The van der Waals surface area contributed by atoms with E-state index in [1.807, 2.05) is 27.7 Å². The normalized spacial score (nSPS) is 17.5. The van der Waals surface area contributed by atoms with Crippen LogP contribution >= 0.6 is 13.4 Å². The van der Waals surface area contributed by atoms with E-state index < -0.39 is 13.4 Å². The molecule has 1 atom stereocenters. The molecule has 0 saturated carbocycles. The molecule has 1 unspecified atom stereocenters. The summed E-state index contributed by atoms with van der Waals surface area (Å²) in [5.74, 6) is 0. The van der Waals surface area contributed by atoms with E-state index in [1.165, 1.54) is 4.67 Å². The summed E-state index contributed by atoms with van der Waals surface area (Å²) < 4.78 is 6.18. The summed E-state index contributed by atoms with van der Waals surface area (Å²) in [7, 11) is 0. The lowest BCUT2D eigenvalue weighted by Crippen LogP contribution is -2.34. The second-order valence-corrected chi connectivity index (χ2v) is 9.56. The van der Waals surface area contributed by atoms with Gasteiger partial charge in [0.25, 0.3) is 6.64 Å². The highest BCUT2D eigenvalue weighted by atomic mass is 32.5. The van der Waals surface area contributed by atoms with E-state index in [9.17, 15) is 4.89 Å². The molecule has 0 aliphatic heterocycles. The van der Waals surface area contributed by atoms with Crippen LogP contribution in [0.5, 0.6) is 0 Å². The average molecular weight is 293 g/mol. The van der Waals surface area contributed by atoms with Crippen LogP contribution in [0.2, 0.25) is 0 Å². The summed E-state index contributed by atoms with van der Waals surface area (Å²) in [6.07, 6.45) is 0. The van der Waals surface area contributed by atoms with Crippen molar-refractivity contribution in [3.63, 3.8) is 0 Å². The highest BCUT2D eigenvalue weighted by molar-refractivity contribution is 8.14. The number of rotatable bonds is 5. The zero-order valence-electron chi connectivity index (χ0n) is 9.06. The Hall–Kier alpha value is 1.10. The van der Waals surface area contributed by atoms with Crippen molar-refractivity contribution in [3.05, 3.63) is 0 Å². The summed E-state index contributed by atoms with van der Waals surface area (Å²) in [6, 6.07) is -0.134. The number of hydrogen-bond acceptors (Lipinski definition) is 3. The van der Waals surface area contributed by atoms with Gasteiger partial charge in [-0.1, -0.05) is 0 Å². The largest absolute Gasteiger partial charge is 0.333 e. The smallest absolute Gasteiger partial charge is 0.328 e. The Morgan fingerprint density at radius 2 is 1.33 bits per heavy atom. The highest BCUT2D eigenvalue weighted by Crippen LogP contribution is 2.60. The average Bonchev–Trinajstić information content (AvgIpc) is 1.74. The van der Waals surface area contributed by atoms with Gasteiger partial charge in [-0.05, 0) is 51.3 Å². The minimum atomic E-state index is -3.93. The Morgan fingerprint density at radius 3 is 1.53 bits per heavy atom. The Kier molecular flexibility index (Phi) is 6.04. The van der Waals surface area contributed by atoms with E-state index in [4.69, 9.17) is 21.6 Å². The molecule has 15 heavy (non-hydrogen) atoms. The van der Waals surface area contributed by atoms with E-state index in [1.54, 1.807) is 0 Å². The molecule has 0 amide bonds.